The lowest BCUT2D eigenvalue weighted by Crippen LogP contribution is -2.07. The highest BCUT2D eigenvalue weighted by molar-refractivity contribution is 6.08. The molecule has 3 heteroatoms. The van der Waals surface area contributed by atoms with Gasteiger partial charge in [-0.3, -0.25) is 4.79 Å². The van der Waals surface area contributed by atoms with Gasteiger partial charge in [-0.2, -0.15) is 0 Å². The zero-order valence-electron chi connectivity index (χ0n) is 9.78. The number of carbonyl (C=O) groups excluding carboxylic acids is 1. The Bertz CT molecular complexity index is 583. The molecule has 2 N–H and O–H groups in total. The number of nitrogens with two attached hydrogens (primary N) is 1. The van der Waals surface area contributed by atoms with E-state index in [-0.39, 0.29) is 5.78 Å². The van der Waals surface area contributed by atoms with Gasteiger partial charge in [0.1, 0.15) is 0 Å². The van der Waals surface area contributed by atoms with Crippen molar-refractivity contribution in [2.75, 3.05) is 6.54 Å². The summed E-state index contributed by atoms with van der Waals surface area (Å²) in [7, 11) is 0. The first-order valence-electron chi connectivity index (χ1n) is 6.15. The van der Waals surface area contributed by atoms with Crippen LogP contribution in [0.3, 0.4) is 0 Å². The summed E-state index contributed by atoms with van der Waals surface area (Å²) in [5.74, 6) is 0.162. The lowest BCUT2D eigenvalue weighted by molar-refractivity contribution is 0.0987. The van der Waals surface area contributed by atoms with Gasteiger partial charge in [0.05, 0.1) is 5.52 Å². The smallest absolute Gasteiger partial charge is 0.166 e. The summed E-state index contributed by atoms with van der Waals surface area (Å²) in [4.78, 5) is 12.0. The van der Waals surface area contributed by atoms with E-state index in [1.54, 1.807) is 0 Å². The Hall–Kier alpha value is -1.61. The second-order valence-corrected chi connectivity index (χ2v) is 4.61. The van der Waals surface area contributed by atoms with Crippen molar-refractivity contribution in [1.82, 2.24) is 4.57 Å². The number of Topliss-reactive ketones (excluding diaryl/α,β-unsaturated/α-hetero) is 1. The fourth-order valence-electron chi connectivity index (χ4n) is 2.74. The van der Waals surface area contributed by atoms with E-state index in [1.807, 2.05) is 18.3 Å². The molecule has 0 amide bonds. The van der Waals surface area contributed by atoms with Crippen LogP contribution < -0.4 is 5.73 Å². The van der Waals surface area contributed by atoms with E-state index >= 15 is 0 Å². The molecule has 0 spiro atoms. The molecular formula is C14H16N2O. The summed E-state index contributed by atoms with van der Waals surface area (Å²) in [5.41, 5.74) is 8.92. The number of rotatable bonds is 3. The number of carbonyl (C=O) groups is 1. The van der Waals surface area contributed by atoms with Crippen LogP contribution >= 0.6 is 0 Å². The zero-order chi connectivity index (χ0) is 11.8. The van der Waals surface area contributed by atoms with Crippen molar-refractivity contribution < 1.29 is 4.79 Å². The molecule has 1 aromatic carbocycles. The molecule has 0 atom stereocenters. The molecule has 1 aliphatic heterocycles. The van der Waals surface area contributed by atoms with Gasteiger partial charge in [-0.15, -0.1) is 0 Å². The number of hydrogen-bond acceptors (Lipinski definition) is 2. The fraction of sp³-hybridized carbons (Fsp3) is 0.357. The quantitative estimate of drug-likeness (QED) is 0.818. The highest BCUT2D eigenvalue weighted by Crippen LogP contribution is 2.29. The molecule has 3 nitrogen and oxygen atoms in total. The first-order chi connectivity index (χ1) is 8.31. The predicted molar refractivity (Wildman–Crippen MR) is 68.3 cm³/mol. The van der Waals surface area contributed by atoms with Crippen molar-refractivity contribution in [2.45, 2.75) is 25.8 Å². The first kappa shape index (κ1) is 10.5. The molecular weight excluding hydrogens is 212 g/mol. The van der Waals surface area contributed by atoms with E-state index < -0.39 is 0 Å². The van der Waals surface area contributed by atoms with Gasteiger partial charge in [-0.25, -0.2) is 0 Å². The lowest BCUT2D eigenvalue weighted by Gasteiger charge is -2.14. The molecule has 0 bridgehead atoms. The number of hydrogen-bond donors (Lipinski definition) is 1. The summed E-state index contributed by atoms with van der Waals surface area (Å²) in [6.45, 7) is 1.44. The van der Waals surface area contributed by atoms with Crippen LogP contribution in [0.1, 0.15) is 28.8 Å². The van der Waals surface area contributed by atoms with Gasteiger partial charge in [0.2, 0.25) is 0 Å². The van der Waals surface area contributed by atoms with Crippen LogP contribution in [0.15, 0.2) is 24.4 Å². The second kappa shape index (κ2) is 4.00. The van der Waals surface area contributed by atoms with E-state index in [9.17, 15) is 4.79 Å². The largest absolute Gasteiger partial charge is 0.346 e. The van der Waals surface area contributed by atoms with Gasteiger partial charge in [0.25, 0.3) is 0 Å². The van der Waals surface area contributed by atoms with Crippen molar-refractivity contribution >= 4 is 16.7 Å². The molecule has 0 fully saturated rings. The summed E-state index contributed by atoms with van der Waals surface area (Å²) in [5, 5.41) is 1.10. The van der Waals surface area contributed by atoms with Gasteiger partial charge in [-0.1, -0.05) is 18.2 Å². The van der Waals surface area contributed by atoms with Crippen LogP contribution in [-0.2, 0) is 13.0 Å². The van der Waals surface area contributed by atoms with Crippen LogP contribution in [0.2, 0.25) is 0 Å². The van der Waals surface area contributed by atoms with E-state index in [2.05, 4.69) is 10.6 Å². The Morgan fingerprint density at radius 1 is 1.41 bits per heavy atom. The molecule has 88 valence electrons. The molecule has 0 radical (unpaired) electrons. The molecule has 0 aliphatic carbocycles. The maximum Gasteiger partial charge on any atom is 0.166 e. The Morgan fingerprint density at radius 2 is 2.29 bits per heavy atom. The fourth-order valence-corrected chi connectivity index (χ4v) is 2.74. The molecule has 1 aliphatic rings. The van der Waals surface area contributed by atoms with Gasteiger partial charge >= 0.3 is 0 Å². The van der Waals surface area contributed by atoms with E-state index in [0.717, 1.165) is 30.3 Å². The number of para-hydroxylation sites is 1. The maximum atomic E-state index is 12.0. The molecule has 3 rings (SSSR count). The zero-order valence-corrected chi connectivity index (χ0v) is 9.78. The third-order valence-corrected chi connectivity index (χ3v) is 3.50. The summed E-state index contributed by atoms with van der Waals surface area (Å²) < 4.78 is 2.22. The van der Waals surface area contributed by atoms with Gasteiger partial charge in [0.15, 0.2) is 5.78 Å². The second-order valence-electron chi connectivity index (χ2n) is 4.61. The van der Waals surface area contributed by atoms with Gasteiger partial charge in [-0.05, 0) is 24.9 Å². The molecule has 2 aromatic rings. The Balaban J connectivity index is 2.22. The topological polar surface area (TPSA) is 48.0 Å². The van der Waals surface area contributed by atoms with Crippen molar-refractivity contribution in [3.63, 3.8) is 0 Å². The monoisotopic (exact) mass is 228 g/mol. The number of aromatic nitrogens is 1. The van der Waals surface area contributed by atoms with E-state index in [4.69, 9.17) is 5.73 Å². The van der Waals surface area contributed by atoms with Crippen molar-refractivity contribution in [2.24, 2.45) is 5.73 Å². The summed E-state index contributed by atoms with van der Waals surface area (Å²) in [6, 6.07) is 6.26. The SMILES string of the molecule is NCCC(=O)c1cn2c3c(cccc13)CCC2. The standard InChI is InChI=1S/C14H16N2O/c15-7-6-13(17)12-9-16-8-2-4-10-3-1-5-11(12)14(10)16/h1,3,5,9H,2,4,6-8,15H2. The summed E-state index contributed by atoms with van der Waals surface area (Å²) >= 11 is 0. The Kier molecular flexibility index (Phi) is 2.48. The minimum Gasteiger partial charge on any atom is -0.346 e. The number of ketones is 1. The van der Waals surface area contributed by atoms with Gasteiger partial charge in [0, 0.05) is 30.1 Å². The van der Waals surface area contributed by atoms with Crippen LogP contribution in [0.5, 0.6) is 0 Å². The first-order valence-corrected chi connectivity index (χ1v) is 6.15. The maximum absolute atomic E-state index is 12.0. The average Bonchev–Trinajstić information content (AvgIpc) is 2.72. The predicted octanol–water partition coefficient (Wildman–Crippen LogP) is 2.12. The van der Waals surface area contributed by atoms with Crippen LogP contribution in [0.4, 0.5) is 0 Å². The normalized spacial score (nSPS) is 14.2. The molecule has 0 unspecified atom stereocenters. The number of nitrogens with zero attached hydrogens (tertiary/aromatic N) is 1. The van der Waals surface area contributed by atoms with E-state index in [1.165, 1.54) is 11.1 Å². The third-order valence-electron chi connectivity index (χ3n) is 3.50. The Morgan fingerprint density at radius 3 is 3.12 bits per heavy atom. The van der Waals surface area contributed by atoms with Crippen molar-refractivity contribution in [3.8, 4) is 0 Å². The minimum atomic E-state index is 0.162. The highest BCUT2D eigenvalue weighted by Gasteiger charge is 2.18. The molecule has 0 saturated heterocycles. The molecule has 0 saturated carbocycles. The van der Waals surface area contributed by atoms with Crippen LogP contribution in [0.25, 0.3) is 10.9 Å². The average molecular weight is 228 g/mol. The highest BCUT2D eigenvalue weighted by atomic mass is 16.1. The van der Waals surface area contributed by atoms with Crippen molar-refractivity contribution in [3.05, 3.63) is 35.5 Å². The molecule has 1 aromatic heterocycles. The Labute approximate surface area is 100 Å². The summed E-state index contributed by atoms with van der Waals surface area (Å²) in [6.07, 6.45) is 4.71. The minimum absolute atomic E-state index is 0.162. The number of benzene rings is 1. The number of aryl methyl sites for hydroxylation is 2. The molecule has 2 heterocycles. The van der Waals surface area contributed by atoms with Gasteiger partial charge < -0.3 is 10.3 Å². The van der Waals surface area contributed by atoms with Crippen LogP contribution in [-0.4, -0.2) is 16.9 Å². The lowest BCUT2D eigenvalue weighted by atomic mass is 10.0. The van der Waals surface area contributed by atoms with Crippen LogP contribution in [0, 0.1) is 0 Å². The van der Waals surface area contributed by atoms with E-state index in [0.29, 0.717) is 13.0 Å². The molecule has 17 heavy (non-hydrogen) atoms. The third kappa shape index (κ3) is 1.58. The van der Waals surface area contributed by atoms with Crippen molar-refractivity contribution in [1.29, 1.82) is 0 Å².